The molecule has 0 saturated heterocycles. The molecule has 0 aliphatic carbocycles. The second-order valence-corrected chi connectivity index (χ2v) is 5.08. The van der Waals surface area contributed by atoms with Gasteiger partial charge in [0.15, 0.2) is 11.5 Å². The molecular weight excluding hydrogens is 337 g/mol. The van der Waals surface area contributed by atoms with E-state index in [9.17, 15) is 9.60 Å². The Morgan fingerprint density at radius 2 is 1.79 bits per heavy atom. The summed E-state index contributed by atoms with van der Waals surface area (Å²) in [5.74, 6) is -0.167. The largest absolute Gasteiger partial charge is 0.335 e. The van der Waals surface area contributed by atoms with E-state index in [0.29, 0.717) is 16.4 Å². The number of nitrogens with zero attached hydrogens (tertiary/aromatic N) is 3. The molecule has 0 unspecified atom stereocenters. The maximum Gasteiger partial charge on any atom is 0.206 e. The summed E-state index contributed by atoms with van der Waals surface area (Å²) >= 11 is 5.84. The summed E-state index contributed by atoms with van der Waals surface area (Å²) in [5.41, 5.74) is 3.19. The van der Waals surface area contributed by atoms with Crippen LogP contribution in [0.15, 0.2) is 58.2 Å². The fourth-order valence-electron chi connectivity index (χ4n) is 1.87. The monoisotopic (exact) mass is 347 g/mol. The first-order chi connectivity index (χ1) is 11.7. The lowest BCUT2D eigenvalue weighted by molar-refractivity contribution is 0.234. The van der Waals surface area contributed by atoms with E-state index >= 15 is 0 Å². The van der Waals surface area contributed by atoms with Crippen LogP contribution in [-0.4, -0.2) is 21.4 Å². The van der Waals surface area contributed by atoms with Gasteiger partial charge in [-0.15, -0.1) is 0 Å². The number of hydrogen-bond acceptors (Lipinski definition) is 6. The lowest BCUT2D eigenvalue weighted by Crippen LogP contribution is -2.21. The maximum absolute atomic E-state index is 12.9. The minimum absolute atomic E-state index is 0.0145. The average molecular weight is 348 g/mol. The molecule has 1 heterocycles. The average Bonchev–Trinajstić information content (AvgIpc) is 3.04. The highest BCUT2D eigenvalue weighted by Gasteiger charge is 2.16. The van der Waals surface area contributed by atoms with Crippen LogP contribution in [0.25, 0.3) is 0 Å². The molecule has 0 saturated carbocycles. The van der Waals surface area contributed by atoms with Gasteiger partial charge in [0.05, 0.1) is 5.69 Å². The van der Waals surface area contributed by atoms with E-state index in [4.69, 9.17) is 16.2 Å². The van der Waals surface area contributed by atoms with Crippen LogP contribution in [0.4, 0.5) is 21.6 Å². The van der Waals surface area contributed by atoms with Gasteiger partial charge in [0.25, 0.3) is 0 Å². The molecule has 7 nitrogen and oxygen atoms in total. The molecule has 3 aromatic rings. The molecule has 0 atom stereocenters. The number of anilines is 2. The molecule has 0 spiro atoms. The Bertz CT molecular complexity index is 849. The number of nitrogens with one attached hydrogen (secondary N) is 2. The van der Waals surface area contributed by atoms with Crippen molar-refractivity contribution in [2.75, 3.05) is 5.32 Å². The number of amidine groups is 1. The predicted molar refractivity (Wildman–Crippen MR) is 86.6 cm³/mol. The van der Waals surface area contributed by atoms with Crippen molar-refractivity contribution >= 4 is 34.6 Å². The number of rotatable bonds is 4. The van der Waals surface area contributed by atoms with E-state index in [1.165, 1.54) is 24.3 Å². The summed E-state index contributed by atoms with van der Waals surface area (Å²) in [7, 11) is 0. The Morgan fingerprint density at radius 3 is 2.46 bits per heavy atom. The third-order valence-corrected chi connectivity index (χ3v) is 3.25. The highest BCUT2D eigenvalue weighted by atomic mass is 35.5. The van der Waals surface area contributed by atoms with Gasteiger partial charge >= 0.3 is 0 Å². The Balaban J connectivity index is 1.89. The molecule has 24 heavy (non-hydrogen) atoms. The molecule has 2 aromatic carbocycles. The van der Waals surface area contributed by atoms with Crippen molar-refractivity contribution in [1.29, 1.82) is 0 Å². The molecule has 122 valence electrons. The number of aromatic nitrogens is 2. The van der Waals surface area contributed by atoms with Crippen molar-refractivity contribution in [3.8, 4) is 0 Å². The topological polar surface area (TPSA) is 95.6 Å². The van der Waals surface area contributed by atoms with Gasteiger partial charge in [-0.2, -0.15) is 0 Å². The SMILES string of the molecule is ONC(=Nc1ccc(F)cc1)c1nonc1Nc1ccc(Cl)cc1. The molecule has 0 aliphatic rings. The lowest BCUT2D eigenvalue weighted by atomic mass is 10.3. The van der Waals surface area contributed by atoms with Crippen LogP contribution < -0.4 is 10.8 Å². The van der Waals surface area contributed by atoms with Gasteiger partial charge in [-0.25, -0.2) is 14.0 Å². The zero-order chi connectivity index (χ0) is 16.9. The second-order valence-electron chi connectivity index (χ2n) is 4.64. The van der Waals surface area contributed by atoms with Crippen LogP contribution in [0.1, 0.15) is 5.69 Å². The molecule has 0 aliphatic heterocycles. The third kappa shape index (κ3) is 3.67. The Kier molecular flexibility index (Phi) is 4.69. The van der Waals surface area contributed by atoms with Gasteiger partial charge < -0.3 is 5.32 Å². The first kappa shape index (κ1) is 15.9. The summed E-state index contributed by atoms with van der Waals surface area (Å²) < 4.78 is 17.6. The van der Waals surface area contributed by atoms with E-state index in [2.05, 4.69) is 20.6 Å². The van der Waals surface area contributed by atoms with Gasteiger partial charge in [-0.3, -0.25) is 10.7 Å². The molecule has 1 aromatic heterocycles. The van der Waals surface area contributed by atoms with Crippen LogP contribution >= 0.6 is 11.6 Å². The van der Waals surface area contributed by atoms with E-state index in [1.54, 1.807) is 24.3 Å². The summed E-state index contributed by atoms with van der Waals surface area (Å²) in [6.07, 6.45) is 0. The smallest absolute Gasteiger partial charge is 0.206 e. The van der Waals surface area contributed by atoms with Crippen molar-refractivity contribution in [3.05, 3.63) is 65.1 Å². The molecule has 0 amide bonds. The first-order valence-electron chi connectivity index (χ1n) is 6.75. The van der Waals surface area contributed by atoms with Crippen molar-refractivity contribution in [1.82, 2.24) is 15.8 Å². The van der Waals surface area contributed by atoms with Crippen LogP contribution in [-0.2, 0) is 0 Å². The Morgan fingerprint density at radius 1 is 1.08 bits per heavy atom. The minimum atomic E-state index is -0.388. The van der Waals surface area contributed by atoms with Gasteiger partial charge in [0.2, 0.25) is 5.82 Å². The normalized spacial score (nSPS) is 11.4. The number of hydroxylamine groups is 1. The fraction of sp³-hybridized carbons (Fsp3) is 0. The molecule has 9 heteroatoms. The van der Waals surface area contributed by atoms with Crippen LogP contribution in [0, 0.1) is 5.82 Å². The van der Waals surface area contributed by atoms with Crippen LogP contribution in [0.2, 0.25) is 5.02 Å². The minimum Gasteiger partial charge on any atom is -0.335 e. The first-order valence-corrected chi connectivity index (χ1v) is 7.13. The quantitative estimate of drug-likeness (QED) is 0.378. The molecule has 0 radical (unpaired) electrons. The van der Waals surface area contributed by atoms with E-state index in [-0.39, 0.29) is 23.2 Å². The van der Waals surface area contributed by atoms with E-state index in [1.807, 2.05) is 5.48 Å². The Labute approximate surface area is 140 Å². The zero-order valence-electron chi connectivity index (χ0n) is 12.1. The van der Waals surface area contributed by atoms with E-state index < -0.39 is 0 Å². The molecule has 0 bridgehead atoms. The van der Waals surface area contributed by atoms with Gasteiger partial charge in [0.1, 0.15) is 5.82 Å². The maximum atomic E-state index is 12.9. The summed E-state index contributed by atoms with van der Waals surface area (Å²) in [6, 6.07) is 12.3. The lowest BCUT2D eigenvalue weighted by Gasteiger charge is -2.05. The molecule has 3 N–H and O–H groups in total. The number of hydrogen-bond donors (Lipinski definition) is 3. The Hall–Kier alpha value is -2.97. The molecule has 3 rings (SSSR count). The zero-order valence-corrected chi connectivity index (χ0v) is 12.8. The van der Waals surface area contributed by atoms with Crippen molar-refractivity contribution in [3.63, 3.8) is 0 Å². The van der Waals surface area contributed by atoms with Crippen molar-refractivity contribution in [2.24, 2.45) is 4.99 Å². The number of halogens is 2. The van der Waals surface area contributed by atoms with Crippen molar-refractivity contribution in [2.45, 2.75) is 0 Å². The van der Waals surface area contributed by atoms with Gasteiger partial charge in [-0.05, 0) is 58.8 Å². The molecule has 0 fully saturated rings. The third-order valence-electron chi connectivity index (χ3n) is 2.99. The van der Waals surface area contributed by atoms with Crippen LogP contribution in [0.3, 0.4) is 0 Å². The number of aliphatic imine (C=N–C) groups is 1. The summed E-state index contributed by atoms with van der Waals surface area (Å²) in [4.78, 5) is 4.14. The van der Waals surface area contributed by atoms with Gasteiger partial charge in [-0.1, -0.05) is 11.6 Å². The standard InChI is InChI=1S/C15H11ClFN5O2/c16-9-1-5-11(6-2-9)19-15-13(21-24-22-15)14(20-23)18-12-7-3-10(17)4-8-12/h1-8,23H,(H,18,20)(H,19,22). The summed E-state index contributed by atoms with van der Waals surface area (Å²) in [5, 5.41) is 20.3. The fourth-order valence-corrected chi connectivity index (χ4v) is 2.00. The van der Waals surface area contributed by atoms with Crippen molar-refractivity contribution < 1.29 is 14.2 Å². The highest BCUT2D eigenvalue weighted by Crippen LogP contribution is 2.21. The summed E-state index contributed by atoms with van der Waals surface area (Å²) in [6.45, 7) is 0. The predicted octanol–water partition coefficient (Wildman–Crippen LogP) is 3.66. The van der Waals surface area contributed by atoms with Crippen LogP contribution in [0.5, 0.6) is 0 Å². The second kappa shape index (κ2) is 7.07. The van der Waals surface area contributed by atoms with Gasteiger partial charge in [0, 0.05) is 10.7 Å². The molecular formula is C15H11ClFN5O2. The highest BCUT2D eigenvalue weighted by molar-refractivity contribution is 6.30. The van der Waals surface area contributed by atoms with E-state index in [0.717, 1.165) is 0 Å². The number of benzene rings is 2.